The van der Waals surface area contributed by atoms with E-state index in [0.717, 1.165) is 11.4 Å². The van der Waals surface area contributed by atoms with Crippen LogP contribution in [-0.4, -0.2) is 24.4 Å². The van der Waals surface area contributed by atoms with Gasteiger partial charge in [0.25, 0.3) is 0 Å². The van der Waals surface area contributed by atoms with Crippen molar-refractivity contribution < 1.29 is 14.6 Å². The monoisotopic (exact) mass is 257 g/mol. The van der Waals surface area contributed by atoms with Crippen LogP contribution < -0.4 is 4.90 Å². The van der Waals surface area contributed by atoms with Crippen LogP contribution in [0.1, 0.15) is 0 Å². The van der Waals surface area contributed by atoms with Gasteiger partial charge in [-0.3, -0.25) is 0 Å². The Balaban J connectivity index is 2.48. The molecular weight excluding hydrogens is 242 g/mol. The Hall–Kier alpha value is -2.33. The first kappa shape index (κ1) is 13.1. The van der Waals surface area contributed by atoms with Crippen molar-refractivity contribution in [3.05, 3.63) is 60.7 Å². The zero-order chi connectivity index (χ0) is 13.7. The molecule has 19 heavy (non-hydrogen) atoms. The molecule has 0 saturated heterocycles. The van der Waals surface area contributed by atoms with E-state index in [0.29, 0.717) is 0 Å². The Kier molecular flexibility index (Phi) is 4.15. The number of benzene rings is 2. The average Bonchev–Trinajstić information content (AvgIpc) is 2.46. The Morgan fingerprint density at radius 2 is 1.42 bits per heavy atom. The number of para-hydroxylation sites is 2. The number of nitrogens with zero attached hydrogens (tertiary/aromatic N) is 1. The van der Waals surface area contributed by atoms with Crippen LogP contribution in [0, 0.1) is 0 Å². The van der Waals surface area contributed by atoms with Crippen molar-refractivity contribution in [2.24, 2.45) is 0 Å². The quantitative estimate of drug-likeness (QED) is 0.837. The van der Waals surface area contributed by atoms with Crippen molar-refractivity contribution in [1.29, 1.82) is 0 Å². The summed E-state index contributed by atoms with van der Waals surface area (Å²) in [5.74, 6) is -1.03. The molecule has 2 aromatic carbocycles. The molecule has 0 heterocycles. The smallest absolute Gasteiger partial charge is 0.354 e. The van der Waals surface area contributed by atoms with E-state index in [2.05, 4.69) is 0 Å². The fourth-order valence-corrected chi connectivity index (χ4v) is 1.91. The molecular formula is C15H15NO3. The second-order valence-corrected chi connectivity index (χ2v) is 3.97. The van der Waals surface area contributed by atoms with Gasteiger partial charge in [0.1, 0.15) is 0 Å². The first-order valence-corrected chi connectivity index (χ1v) is 5.89. The van der Waals surface area contributed by atoms with E-state index in [-0.39, 0.29) is 0 Å². The minimum atomic E-state index is -1.07. The van der Waals surface area contributed by atoms with Crippen molar-refractivity contribution >= 4 is 17.3 Å². The number of aliphatic carboxylic acids is 1. The van der Waals surface area contributed by atoms with Gasteiger partial charge in [0.2, 0.25) is 6.23 Å². The standard InChI is InChI=1S/C15H15NO3/c1-19-14(15(17)18)16(12-8-4-2-5-9-12)13-10-6-3-7-11-13/h2-11,14H,1H3,(H,17,18). The maximum Gasteiger partial charge on any atom is 0.354 e. The molecule has 1 N–H and O–H groups in total. The summed E-state index contributed by atoms with van der Waals surface area (Å²) in [6, 6.07) is 18.6. The van der Waals surface area contributed by atoms with E-state index in [4.69, 9.17) is 4.74 Å². The van der Waals surface area contributed by atoms with Gasteiger partial charge >= 0.3 is 5.97 Å². The van der Waals surface area contributed by atoms with Crippen LogP contribution >= 0.6 is 0 Å². The van der Waals surface area contributed by atoms with Crippen LogP contribution in [0.25, 0.3) is 0 Å². The molecule has 1 unspecified atom stereocenters. The summed E-state index contributed by atoms with van der Waals surface area (Å²) < 4.78 is 5.11. The van der Waals surface area contributed by atoms with Gasteiger partial charge in [-0.15, -0.1) is 0 Å². The van der Waals surface area contributed by atoms with Gasteiger partial charge in [0.15, 0.2) is 0 Å². The van der Waals surface area contributed by atoms with E-state index in [1.165, 1.54) is 7.11 Å². The number of ether oxygens (including phenoxy) is 1. The molecule has 0 aliphatic heterocycles. The second-order valence-electron chi connectivity index (χ2n) is 3.97. The van der Waals surface area contributed by atoms with Gasteiger partial charge in [-0.05, 0) is 24.3 Å². The average molecular weight is 257 g/mol. The van der Waals surface area contributed by atoms with E-state index < -0.39 is 12.2 Å². The fraction of sp³-hybridized carbons (Fsp3) is 0.133. The summed E-state index contributed by atoms with van der Waals surface area (Å²) in [6.07, 6.45) is -1.07. The molecule has 0 bridgehead atoms. The molecule has 98 valence electrons. The lowest BCUT2D eigenvalue weighted by Gasteiger charge is -2.29. The van der Waals surface area contributed by atoms with Crippen LogP contribution in [0.5, 0.6) is 0 Å². The Bertz CT molecular complexity index is 488. The van der Waals surface area contributed by atoms with Crippen molar-refractivity contribution in [3.63, 3.8) is 0 Å². The number of hydrogen-bond donors (Lipinski definition) is 1. The first-order chi connectivity index (χ1) is 9.24. The lowest BCUT2D eigenvalue weighted by molar-refractivity contribution is -0.147. The van der Waals surface area contributed by atoms with E-state index in [1.54, 1.807) is 4.90 Å². The Morgan fingerprint density at radius 3 is 1.74 bits per heavy atom. The van der Waals surface area contributed by atoms with Crippen molar-refractivity contribution in [2.45, 2.75) is 6.23 Å². The summed E-state index contributed by atoms with van der Waals surface area (Å²) in [7, 11) is 1.39. The summed E-state index contributed by atoms with van der Waals surface area (Å²) in [5.41, 5.74) is 1.53. The summed E-state index contributed by atoms with van der Waals surface area (Å²) in [6.45, 7) is 0. The summed E-state index contributed by atoms with van der Waals surface area (Å²) in [4.78, 5) is 13.0. The van der Waals surface area contributed by atoms with Crippen LogP contribution in [0.15, 0.2) is 60.7 Å². The number of hydrogen-bond acceptors (Lipinski definition) is 3. The molecule has 0 saturated carbocycles. The zero-order valence-electron chi connectivity index (χ0n) is 10.6. The van der Waals surface area contributed by atoms with Crippen molar-refractivity contribution in [3.8, 4) is 0 Å². The highest BCUT2D eigenvalue weighted by Crippen LogP contribution is 2.27. The fourth-order valence-electron chi connectivity index (χ4n) is 1.91. The molecule has 4 nitrogen and oxygen atoms in total. The maximum absolute atomic E-state index is 11.4. The lowest BCUT2D eigenvalue weighted by atomic mass is 10.2. The number of carboxylic acids is 1. The molecule has 0 radical (unpaired) electrons. The predicted molar refractivity (Wildman–Crippen MR) is 73.5 cm³/mol. The third-order valence-corrected chi connectivity index (χ3v) is 2.74. The molecule has 0 fully saturated rings. The van der Waals surface area contributed by atoms with Gasteiger partial charge < -0.3 is 14.7 Å². The highest BCUT2D eigenvalue weighted by atomic mass is 16.5. The molecule has 1 atom stereocenters. The SMILES string of the molecule is COC(C(=O)O)N(c1ccccc1)c1ccccc1. The Labute approximate surface area is 111 Å². The molecule has 0 aromatic heterocycles. The third kappa shape index (κ3) is 2.92. The van der Waals surface area contributed by atoms with Crippen molar-refractivity contribution in [1.82, 2.24) is 0 Å². The van der Waals surface area contributed by atoms with E-state index in [1.807, 2.05) is 60.7 Å². The first-order valence-electron chi connectivity index (χ1n) is 5.89. The van der Waals surface area contributed by atoms with Crippen molar-refractivity contribution in [2.75, 3.05) is 12.0 Å². The van der Waals surface area contributed by atoms with E-state index in [9.17, 15) is 9.90 Å². The molecule has 0 aliphatic rings. The van der Waals surface area contributed by atoms with Crippen LogP contribution in [0.2, 0.25) is 0 Å². The molecule has 2 aromatic rings. The number of methoxy groups -OCH3 is 1. The van der Waals surface area contributed by atoms with Crippen LogP contribution in [0.4, 0.5) is 11.4 Å². The number of anilines is 2. The van der Waals surface area contributed by atoms with Crippen LogP contribution in [0.3, 0.4) is 0 Å². The van der Waals surface area contributed by atoms with Gasteiger partial charge in [-0.2, -0.15) is 0 Å². The van der Waals surface area contributed by atoms with Crippen LogP contribution in [-0.2, 0) is 9.53 Å². The lowest BCUT2D eigenvalue weighted by Crippen LogP contribution is -2.39. The molecule has 4 heteroatoms. The minimum absolute atomic E-state index is 0.767. The highest BCUT2D eigenvalue weighted by molar-refractivity contribution is 5.81. The number of carboxylic acid groups (broad SMARTS) is 1. The van der Waals surface area contributed by atoms with Gasteiger partial charge in [0, 0.05) is 18.5 Å². The van der Waals surface area contributed by atoms with Gasteiger partial charge in [0.05, 0.1) is 0 Å². The largest absolute Gasteiger partial charge is 0.478 e. The second kappa shape index (κ2) is 6.02. The third-order valence-electron chi connectivity index (χ3n) is 2.74. The molecule has 0 spiro atoms. The highest BCUT2D eigenvalue weighted by Gasteiger charge is 2.26. The Morgan fingerprint density at radius 1 is 1.00 bits per heavy atom. The summed E-state index contributed by atoms with van der Waals surface area (Å²) in [5, 5.41) is 9.30. The number of rotatable bonds is 5. The summed E-state index contributed by atoms with van der Waals surface area (Å²) >= 11 is 0. The topological polar surface area (TPSA) is 49.8 Å². The number of carbonyl (C=O) groups is 1. The molecule has 0 aliphatic carbocycles. The normalized spacial score (nSPS) is 11.8. The zero-order valence-corrected chi connectivity index (χ0v) is 10.6. The van der Waals surface area contributed by atoms with E-state index >= 15 is 0 Å². The molecule has 0 amide bonds. The molecule has 2 rings (SSSR count). The minimum Gasteiger partial charge on any atom is -0.478 e. The van der Waals surface area contributed by atoms with Gasteiger partial charge in [-0.1, -0.05) is 36.4 Å². The van der Waals surface area contributed by atoms with Gasteiger partial charge in [-0.25, -0.2) is 4.79 Å². The maximum atomic E-state index is 11.4. The predicted octanol–water partition coefficient (Wildman–Crippen LogP) is 2.88.